The second-order valence-corrected chi connectivity index (χ2v) is 5.54. The maximum atomic E-state index is 13.8. The minimum absolute atomic E-state index is 0.0609. The van der Waals surface area contributed by atoms with E-state index in [2.05, 4.69) is 15.5 Å². The Balaban J connectivity index is 1.70. The van der Waals surface area contributed by atoms with Crippen LogP contribution in [0.2, 0.25) is 5.02 Å². The minimum atomic E-state index is -0.668. The van der Waals surface area contributed by atoms with E-state index in [9.17, 15) is 9.18 Å². The van der Waals surface area contributed by atoms with Gasteiger partial charge in [0.2, 0.25) is 0 Å². The molecule has 3 aromatic carbocycles. The summed E-state index contributed by atoms with van der Waals surface area (Å²) in [5, 5.41) is 10.9. The second-order valence-electron chi connectivity index (χ2n) is 5.13. The zero-order valence-electron chi connectivity index (χ0n) is 13.0. The van der Waals surface area contributed by atoms with Crippen LogP contribution >= 0.6 is 11.6 Å². The number of anilines is 1. The summed E-state index contributed by atoms with van der Waals surface area (Å²) >= 11 is 5.89. The molecule has 0 aliphatic heterocycles. The Morgan fingerprint density at radius 1 is 0.840 bits per heavy atom. The summed E-state index contributed by atoms with van der Waals surface area (Å²) < 4.78 is 13.8. The van der Waals surface area contributed by atoms with Crippen molar-refractivity contribution >= 4 is 34.6 Å². The molecule has 0 heterocycles. The molecule has 6 heteroatoms. The molecule has 0 radical (unpaired) electrons. The van der Waals surface area contributed by atoms with Gasteiger partial charge in [0.1, 0.15) is 5.82 Å². The highest BCUT2D eigenvalue weighted by Gasteiger charge is 2.15. The zero-order chi connectivity index (χ0) is 17.6. The van der Waals surface area contributed by atoms with E-state index in [-0.39, 0.29) is 10.6 Å². The number of amides is 1. The molecule has 3 rings (SSSR count). The highest BCUT2D eigenvalue weighted by atomic mass is 35.5. The van der Waals surface area contributed by atoms with Crippen LogP contribution < -0.4 is 5.32 Å². The molecule has 0 unspecified atom stereocenters. The second kappa shape index (κ2) is 7.68. The molecule has 3 aromatic rings. The van der Waals surface area contributed by atoms with E-state index in [0.29, 0.717) is 11.4 Å². The first-order valence-electron chi connectivity index (χ1n) is 7.46. The number of halogens is 2. The van der Waals surface area contributed by atoms with Crippen LogP contribution in [0, 0.1) is 5.82 Å². The fourth-order valence-electron chi connectivity index (χ4n) is 2.13. The average molecular weight is 354 g/mol. The molecule has 1 amide bonds. The number of azo groups is 1. The normalized spacial score (nSPS) is 10.8. The van der Waals surface area contributed by atoms with Gasteiger partial charge in [0.15, 0.2) is 0 Å². The summed E-state index contributed by atoms with van der Waals surface area (Å²) in [5.74, 6) is -1.28. The van der Waals surface area contributed by atoms with Gasteiger partial charge in [-0.3, -0.25) is 4.79 Å². The molecule has 0 aliphatic rings. The summed E-state index contributed by atoms with van der Waals surface area (Å²) in [6.07, 6.45) is 0. The fourth-order valence-corrected chi connectivity index (χ4v) is 2.38. The van der Waals surface area contributed by atoms with Gasteiger partial charge >= 0.3 is 0 Å². The Labute approximate surface area is 149 Å². The van der Waals surface area contributed by atoms with Gasteiger partial charge in [-0.15, -0.1) is 0 Å². The number of rotatable bonds is 4. The lowest BCUT2D eigenvalue weighted by molar-refractivity contribution is 0.102. The van der Waals surface area contributed by atoms with Gasteiger partial charge < -0.3 is 5.32 Å². The molecule has 0 aromatic heterocycles. The van der Waals surface area contributed by atoms with Crippen molar-refractivity contribution in [3.8, 4) is 0 Å². The smallest absolute Gasteiger partial charge is 0.260 e. The van der Waals surface area contributed by atoms with E-state index >= 15 is 0 Å². The van der Waals surface area contributed by atoms with Crippen molar-refractivity contribution in [2.75, 3.05) is 5.32 Å². The third-order valence-electron chi connectivity index (χ3n) is 3.35. The number of carbonyl (C=O) groups excluding carboxylic acids is 1. The first kappa shape index (κ1) is 16.8. The lowest BCUT2D eigenvalue weighted by Gasteiger charge is -2.07. The predicted molar refractivity (Wildman–Crippen MR) is 96.4 cm³/mol. The molecule has 1 N–H and O–H groups in total. The van der Waals surface area contributed by atoms with Crippen LogP contribution in [0.3, 0.4) is 0 Å². The highest BCUT2D eigenvalue weighted by molar-refractivity contribution is 6.34. The Morgan fingerprint density at radius 3 is 2.12 bits per heavy atom. The third-order valence-corrected chi connectivity index (χ3v) is 3.67. The van der Waals surface area contributed by atoms with Gasteiger partial charge in [-0.25, -0.2) is 4.39 Å². The molecule has 0 fully saturated rings. The van der Waals surface area contributed by atoms with Crippen LogP contribution in [-0.4, -0.2) is 5.91 Å². The van der Waals surface area contributed by atoms with Crippen molar-refractivity contribution in [2.45, 2.75) is 0 Å². The number of benzene rings is 3. The largest absolute Gasteiger partial charge is 0.322 e. The van der Waals surface area contributed by atoms with Gasteiger partial charge in [-0.2, -0.15) is 10.2 Å². The van der Waals surface area contributed by atoms with Crippen molar-refractivity contribution in [1.29, 1.82) is 0 Å². The van der Waals surface area contributed by atoms with Gasteiger partial charge in [-0.1, -0.05) is 35.9 Å². The quantitative estimate of drug-likeness (QED) is 0.562. The Bertz CT molecular complexity index is 891. The average Bonchev–Trinajstić information content (AvgIpc) is 2.62. The molecule has 0 saturated heterocycles. The lowest BCUT2D eigenvalue weighted by Crippen LogP contribution is -2.14. The number of nitrogens with one attached hydrogen (secondary N) is 1. The molecule has 124 valence electrons. The third kappa shape index (κ3) is 4.28. The standard InChI is InChI=1S/C19H13ClFN3O/c20-16-7-4-8-17(21)18(16)19(25)22-13-9-11-15(12-10-13)24-23-14-5-2-1-3-6-14/h1-12H,(H,22,25). The summed E-state index contributed by atoms with van der Waals surface area (Å²) in [6.45, 7) is 0. The van der Waals surface area contributed by atoms with Crippen molar-refractivity contribution in [3.63, 3.8) is 0 Å². The monoisotopic (exact) mass is 353 g/mol. The SMILES string of the molecule is O=C(Nc1ccc(N=Nc2ccccc2)cc1)c1c(F)cccc1Cl. The minimum Gasteiger partial charge on any atom is -0.322 e. The van der Waals surface area contributed by atoms with E-state index in [0.717, 1.165) is 5.69 Å². The van der Waals surface area contributed by atoms with Crippen molar-refractivity contribution in [1.82, 2.24) is 0 Å². The molecule has 0 saturated carbocycles. The maximum absolute atomic E-state index is 13.8. The number of nitrogens with zero attached hydrogens (tertiary/aromatic N) is 2. The zero-order valence-corrected chi connectivity index (χ0v) is 13.7. The van der Waals surface area contributed by atoms with Crippen LogP contribution in [-0.2, 0) is 0 Å². The Morgan fingerprint density at radius 2 is 1.48 bits per heavy atom. The number of carbonyl (C=O) groups is 1. The highest BCUT2D eigenvalue weighted by Crippen LogP contribution is 2.23. The molecule has 0 aliphatic carbocycles. The van der Waals surface area contributed by atoms with Gasteiger partial charge in [0, 0.05) is 5.69 Å². The molecule has 0 atom stereocenters. The summed E-state index contributed by atoms with van der Waals surface area (Å²) in [6, 6.07) is 20.2. The van der Waals surface area contributed by atoms with Crippen LogP contribution in [0.4, 0.5) is 21.5 Å². The maximum Gasteiger partial charge on any atom is 0.260 e. The topological polar surface area (TPSA) is 53.8 Å². The van der Waals surface area contributed by atoms with Crippen molar-refractivity contribution < 1.29 is 9.18 Å². The number of hydrogen-bond donors (Lipinski definition) is 1. The van der Waals surface area contributed by atoms with Crippen LogP contribution in [0.15, 0.2) is 83.0 Å². The molecule has 4 nitrogen and oxygen atoms in total. The van der Waals surface area contributed by atoms with Crippen LogP contribution in [0.1, 0.15) is 10.4 Å². The van der Waals surface area contributed by atoms with Crippen LogP contribution in [0.25, 0.3) is 0 Å². The molecule has 25 heavy (non-hydrogen) atoms. The van der Waals surface area contributed by atoms with Crippen molar-refractivity contribution in [3.05, 3.63) is 89.2 Å². The Hall–Kier alpha value is -3.05. The molecule has 0 spiro atoms. The van der Waals surface area contributed by atoms with Gasteiger partial charge in [-0.05, 0) is 48.5 Å². The molecular formula is C19H13ClFN3O. The summed E-state index contributed by atoms with van der Waals surface area (Å²) in [4.78, 5) is 12.2. The van der Waals surface area contributed by atoms with E-state index < -0.39 is 11.7 Å². The first-order valence-corrected chi connectivity index (χ1v) is 7.83. The van der Waals surface area contributed by atoms with E-state index in [4.69, 9.17) is 11.6 Å². The lowest BCUT2D eigenvalue weighted by atomic mass is 10.2. The van der Waals surface area contributed by atoms with E-state index in [1.54, 1.807) is 24.3 Å². The Kier molecular flexibility index (Phi) is 5.16. The molecular weight excluding hydrogens is 341 g/mol. The van der Waals surface area contributed by atoms with Crippen LogP contribution in [0.5, 0.6) is 0 Å². The fraction of sp³-hybridized carbons (Fsp3) is 0. The molecule has 0 bridgehead atoms. The summed E-state index contributed by atoms with van der Waals surface area (Å²) in [5.41, 5.74) is 1.69. The van der Waals surface area contributed by atoms with E-state index in [1.807, 2.05) is 30.3 Å². The predicted octanol–water partition coefficient (Wildman–Crippen LogP) is 6.15. The van der Waals surface area contributed by atoms with Gasteiger partial charge in [0.25, 0.3) is 5.91 Å². The van der Waals surface area contributed by atoms with Crippen molar-refractivity contribution in [2.24, 2.45) is 10.2 Å². The first-order chi connectivity index (χ1) is 12.1. The number of hydrogen-bond acceptors (Lipinski definition) is 3. The summed E-state index contributed by atoms with van der Waals surface area (Å²) in [7, 11) is 0. The van der Waals surface area contributed by atoms with Gasteiger partial charge in [0.05, 0.1) is 22.0 Å². The van der Waals surface area contributed by atoms with E-state index in [1.165, 1.54) is 18.2 Å².